The van der Waals surface area contributed by atoms with E-state index in [1.165, 1.54) is 13.2 Å². The van der Waals surface area contributed by atoms with Crippen LogP contribution in [0.3, 0.4) is 0 Å². The SMILES string of the molecule is COc1c(O)ccc(CCCN)c1F. The van der Waals surface area contributed by atoms with E-state index in [0.29, 0.717) is 24.9 Å². The molecule has 0 saturated heterocycles. The molecule has 1 aromatic carbocycles. The van der Waals surface area contributed by atoms with E-state index in [1.54, 1.807) is 6.07 Å². The van der Waals surface area contributed by atoms with E-state index in [-0.39, 0.29) is 11.5 Å². The summed E-state index contributed by atoms with van der Waals surface area (Å²) in [5, 5.41) is 9.25. The Hall–Kier alpha value is -1.29. The Morgan fingerprint density at radius 2 is 2.21 bits per heavy atom. The fourth-order valence-corrected chi connectivity index (χ4v) is 1.27. The number of aromatic hydroxyl groups is 1. The first-order valence-corrected chi connectivity index (χ1v) is 4.45. The average molecular weight is 199 g/mol. The number of hydrogen-bond acceptors (Lipinski definition) is 3. The van der Waals surface area contributed by atoms with Crippen molar-refractivity contribution >= 4 is 0 Å². The summed E-state index contributed by atoms with van der Waals surface area (Å²) < 4.78 is 18.3. The van der Waals surface area contributed by atoms with E-state index in [9.17, 15) is 9.50 Å². The van der Waals surface area contributed by atoms with Crippen molar-refractivity contribution in [2.75, 3.05) is 13.7 Å². The van der Waals surface area contributed by atoms with Crippen molar-refractivity contribution < 1.29 is 14.2 Å². The summed E-state index contributed by atoms with van der Waals surface area (Å²) in [4.78, 5) is 0. The number of methoxy groups -OCH3 is 1. The molecule has 3 N–H and O–H groups in total. The highest BCUT2D eigenvalue weighted by Crippen LogP contribution is 2.31. The van der Waals surface area contributed by atoms with Crippen LogP contribution in [-0.2, 0) is 6.42 Å². The number of benzene rings is 1. The highest BCUT2D eigenvalue weighted by atomic mass is 19.1. The van der Waals surface area contributed by atoms with Crippen LogP contribution in [0.4, 0.5) is 4.39 Å². The number of rotatable bonds is 4. The second kappa shape index (κ2) is 4.81. The van der Waals surface area contributed by atoms with Crippen LogP contribution in [-0.4, -0.2) is 18.8 Å². The van der Waals surface area contributed by atoms with Crippen molar-refractivity contribution in [2.24, 2.45) is 5.73 Å². The number of phenolic OH excluding ortho intramolecular Hbond substituents is 1. The molecule has 0 amide bonds. The van der Waals surface area contributed by atoms with Crippen LogP contribution in [0, 0.1) is 5.82 Å². The van der Waals surface area contributed by atoms with E-state index < -0.39 is 5.82 Å². The lowest BCUT2D eigenvalue weighted by molar-refractivity contribution is 0.349. The van der Waals surface area contributed by atoms with Crippen LogP contribution in [0.1, 0.15) is 12.0 Å². The molecule has 78 valence electrons. The number of phenols is 1. The zero-order valence-corrected chi connectivity index (χ0v) is 8.09. The first kappa shape index (κ1) is 10.8. The molecule has 1 aromatic rings. The van der Waals surface area contributed by atoms with Gasteiger partial charge in [0.2, 0.25) is 0 Å². The number of nitrogens with two attached hydrogens (primary N) is 1. The lowest BCUT2D eigenvalue weighted by Crippen LogP contribution is -2.02. The molecule has 0 aliphatic carbocycles. The summed E-state index contributed by atoms with van der Waals surface area (Å²) in [6, 6.07) is 2.97. The Morgan fingerprint density at radius 3 is 2.79 bits per heavy atom. The van der Waals surface area contributed by atoms with Crippen molar-refractivity contribution in [1.29, 1.82) is 0 Å². The van der Waals surface area contributed by atoms with Gasteiger partial charge in [-0.1, -0.05) is 6.07 Å². The van der Waals surface area contributed by atoms with Crippen molar-refractivity contribution in [3.63, 3.8) is 0 Å². The normalized spacial score (nSPS) is 10.2. The number of halogens is 1. The van der Waals surface area contributed by atoms with Crippen LogP contribution >= 0.6 is 0 Å². The van der Waals surface area contributed by atoms with Gasteiger partial charge >= 0.3 is 0 Å². The predicted octanol–water partition coefficient (Wildman–Crippen LogP) is 1.43. The summed E-state index contributed by atoms with van der Waals surface area (Å²) in [5.74, 6) is -0.776. The quantitative estimate of drug-likeness (QED) is 0.771. The Morgan fingerprint density at radius 1 is 1.50 bits per heavy atom. The highest BCUT2D eigenvalue weighted by Gasteiger charge is 2.12. The number of ether oxygens (including phenoxy) is 1. The lowest BCUT2D eigenvalue weighted by atomic mass is 10.1. The average Bonchev–Trinajstić information content (AvgIpc) is 2.18. The summed E-state index contributed by atoms with van der Waals surface area (Å²) in [5.41, 5.74) is 5.84. The summed E-state index contributed by atoms with van der Waals surface area (Å²) >= 11 is 0. The maximum Gasteiger partial charge on any atom is 0.196 e. The molecule has 0 radical (unpaired) electrons. The molecule has 0 unspecified atom stereocenters. The Labute approximate surface area is 82.3 Å². The van der Waals surface area contributed by atoms with Gasteiger partial charge in [0.15, 0.2) is 17.3 Å². The number of hydrogen-bond donors (Lipinski definition) is 2. The van der Waals surface area contributed by atoms with E-state index in [0.717, 1.165) is 0 Å². The van der Waals surface area contributed by atoms with Gasteiger partial charge in [-0.15, -0.1) is 0 Å². The third-order valence-electron chi connectivity index (χ3n) is 2.01. The van der Waals surface area contributed by atoms with Gasteiger partial charge in [-0.25, -0.2) is 4.39 Å². The molecule has 0 spiro atoms. The minimum Gasteiger partial charge on any atom is -0.504 e. The Bertz CT molecular complexity index is 315. The molecule has 0 aromatic heterocycles. The molecule has 0 fully saturated rings. The maximum atomic E-state index is 13.5. The van der Waals surface area contributed by atoms with Gasteiger partial charge in [-0.3, -0.25) is 0 Å². The largest absolute Gasteiger partial charge is 0.504 e. The van der Waals surface area contributed by atoms with Crippen molar-refractivity contribution in [1.82, 2.24) is 0 Å². The molecule has 14 heavy (non-hydrogen) atoms. The minimum absolute atomic E-state index is 0.0977. The molecule has 4 heteroatoms. The van der Waals surface area contributed by atoms with Gasteiger partial charge in [0.05, 0.1) is 7.11 Å². The second-order valence-corrected chi connectivity index (χ2v) is 2.98. The predicted molar refractivity (Wildman–Crippen MR) is 52.0 cm³/mol. The van der Waals surface area contributed by atoms with Gasteiger partial charge in [0.1, 0.15) is 0 Å². The van der Waals surface area contributed by atoms with Gasteiger partial charge in [-0.05, 0) is 31.0 Å². The molecular weight excluding hydrogens is 185 g/mol. The standard InChI is InChI=1S/C10H14FNO2/c1-14-10-8(13)5-4-7(9(10)11)3-2-6-12/h4-5,13H,2-3,6,12H2,1H3. The monoisotopic (exact) mass is 199 g/mol. The third-order valence-corrected chi connectivity index (χ3v) is 2.01. The van der Waals surface area contributed by atoms with E-state index in [1.807, 2.05) is 0 Å². The van der Waals surface area contributed by atoms with Gasteiger partial charge < -0.3 is 15.6 Å². The molecule has 0 atom stereocenters. The molecule has 0 saturated carbocycles. The first-order chi connectivity index (χ1) is 6.70. The molecule has 0 aliphatic rings. The van der Waals surface area contributed by atoms with Crippen molar-refractivity contribution in [3.8, 4) is 11.5 Å². The second-order valence-electron chi connectivity index (χ2n) is 2.98. The van der Waals surface area contributed by atoms with Crippen LogP contribution < -0.4 is 10.5 Å². The highest BCUT2D eigenvalue weighted by molar-refractivity contribution is 5.43. The van der Waals surface area contributed by atoms with Gasteiger partial charge in [0, 0.05) is 0 Å². The molecule has 1 rings (SSSR count). The fourth-order valence-electron chi connectivity index (χ4n) is 1.27. The van der Waals surface area contributed by atoms with Gasteiger partial charge in [0.25, 0.3) is 0 Å². The van der Waals surface area contributed by atoms with Crippen LogP contribution in [0.5, 0.6) is 11.5 Å². The van der Waals surface area contributed by atoms with Gasteiger partial charge in [-0.2, -0.15) is 0 Å². The summed E-state index contributed by atoms with van der Waals surface area (Å²) in [7, 11) is 1.32. The minimum atomic E-state index is -0.499. The topological polar surface area (TPSA) is 55.5 Å². The van der Waals surface area contributed by atoms with E-state index >= 15 is 0 Å². The Kier molecular flexibility index (Phi) is 3.71. The molecular formula is C10H14FNO2. The van der Waals surface area contributed by atoms with Crippen LogP contribution in [0.25, 0.3) is 0 Å². The van der Waals surface area contributed by atoms with Crippen LogP contribution in [0.2, 0.25) is 0 Å². The fraction of sp³-hybridized carbons (Fsp3) is 0.400. The maximum absolute atomic E-state index is 13.5. The first-order valence-electron chi connectivity index (χ1n) is 4.45. The summed E-state index contributed by atoms with van der Waals surface area (Å²) in [6.07, 6.45) is 1.27. The Balaban J connectivity index is 2.96. The third kappa shape index (κ3) is 2.14. The molecule has 3 nitrogen and oxygen atoms in total. The van der Waals surface area contributed by atoms with Crippen LogP contribution in [0.15, 0.2) is 12.1 Å². The molecule has 0 heterocycles. The zero-order chi connectivity index (χ0) is 10.6. The van der Waals surface area contributed by atoms with E-state index in [4.69, 9.17) is 10.5 Å². The lowest BCUT2D eigenvalue weighted by Gasteiger charge is -2.08. The number of aryl methyl sites for hydroxylation is 1. The van der Waals surface area contributed by atoms with Crippen molar-refractivity contribution in [2.45, 2.75) is 12.8 Å². The smallest absolute Gasteiger partial charge is 0.196 e. The van der Waals surface area contributed by atoms with E-state index in [2.05, 4.69) is 0 Å². The van der Waals surface area contributed by atoms with Crippen molar-refractivity contribution in [3.05, 3.63) is 23.5 Å². The zero-order valence-electron chi connectivity index (χ0n) is 8.09. The summed E-state index contributed by atoms with van der Waals surface area (Å²) in [6.45, 7) is 0.516. The molecule has 0 bridgehead atoms. The molecule has 0 aliphatic heterocycles.